The molecule has 320 valence electrons. The summed E-state index contributed by atoms with van der Waals surface area (Å²) >= 11 is 0. The van der Waals surface area contributed by atoms with Crippen LogP contribution in [0, 0.1) is 11.8 Å². The van der Waals surface area contributed by atoms with Gasteiger partial charge in [-0.1, -0.05) is 32.0 Å². The molecule has 2 saturated heterocycles. The van der Waals surface area contributed by atoms with Crippen molar-refractivity contribution in [3.8, 4) is 28.1 Å². The van der Waals surface area contributed by atoms with Gasteiger partial charge in [0.15, 0.2) is 0 Å². The van der Waals surface area contributed by atoms with Crippen molar-refractivity contribution in [3.63, 3.8) is 0 Å². The van der Waals surface area contributed by atoms with Crippen molar-refractivity contribution in [3.05, 3.63) is 65.9 Å². The first-order valence-electron chi connectivity index (χ1n) is 20.8. The maximum atomic E-state index is 13.9. The van der Waals surface area contributed by atoms with Crippen LogP contribution in [0.5, 0.6) is 5.75 Å². The van der Waals surface area contributed by atoms with Crippen molar-refractivity contribution >= 4 is 52.0 Å². The zero-order valence-electron chi connectivity index (χ0n) is 35.5. The number of amides is 4. The molecule has 6 atom stereocenters. The Morgan fingerprint density at radius 2 is 1.75 bits per heavy atom. The van der Waals surface area contributed by atoms with E-state index in [1.165, 1.54) is 27.5 Å². The molecule has 0 spiro atoms. The van der Waals surface area contributed by atoms with E-state index in [-0.39, 0.29) is 35.9 Å². The fourth-order valence-corrected chi connectivity index (χ4v) is 9.00. The molecule has 0 unspecified atom stereocenters. The molecule has 0 radical (unpaired) electrons. The van der Waals surface area contributed by atoms with Crippen molar-refractivity contribution < 1.29 is 38.1 Å². The van der Waals surface area contributed by atoms with Crippen molar-refractivity contribution in [2.75, 3.05) is 27.9 Å². The van der Waals surface area contributed by atoms with E-state index < -0.39 is 30.3 Å². The fourth-order valence-electron chi connectivity index (χ4n) is 9.00. The molecule has 5 aromatic rings. The van der Waals surface area contributed by atoms with E-state index in [4.69, 9.17) is 24.2 Å². The highest BCUT2D eigenvalue weighted by Gasteiger charge is 2.41. The minimum absolute atomic E-state index is 0.0196. The number of benzene rings is 3. The number of carbonyl (C=O) groups excluding carboxylic acids is 4. The normalized spacial score (nSPS) is 20.1. The summed E-state index contributed by atoms with van der Waals surface area (Å²) < 4.78 is 21.4. The number of alkyl carbamates (subject to hydrolysis) is 1. The number of ether oxygens (including phenoxy) is 4. The molecule has 0 bridgehead atoms. The van der Waals surface area contributed by atoms with E-state index >= 15 is 0 Å². The summed E-state index contributed by atoms with van der Waals surface area (Å²) in [5.74, 6) is 0.895. The van der Waals surface area contributed by atoms with Gasteiger partial charge in [0.05, 0.1) is 61.2 Å². The highest BCUT2D eigenvalue weighted by atomic mass is 16.5. The van der Waals surface area contributed by atoms with Crippen molar-refractivity contribution in [2.45, 2.75) is 90.3 Å². The van der Waals surface area contributed by atoms with Crippen LogP contribution in [0.3, 0.4) is 0 Å². The number of aromatic amines is 2. The Morgan fingerprint density at radius 3 is 2.51 bits per heavy atom. The first-order chi connectivity index (χ1) is 29.4. The number of rotatable bonds is 10. The molecule has 2 fully saturated rings. The molecule has 3 aliphatic heterocycles. The summed E-state index contributed by atoms with van der Waals surface area (Å²) in [4.78, 5) is 75.9. The van der Waals surface area contributed by atoms with Gasteiger partial charge in [0.2, 0.25) is 11.8 Å². The summed E-state index contributed by atoms with van der Waals surface area (Å²) in [5, 5.41) is 4.66. The molecular formula is C45H52N8O8. The zero-order valence-corrected chi connectivity index (χ0v) is 35.5. The number of fused-ring (bicyclic) bond motifs is 6. The minimum atomic E-state index is -0.780. The van der Waals surface area contributed by atoms with Crippen LogP contribution in [0.2, 0.25) is 0 Å². The first-order valence-corrected chi connectivity index (χ1v) is 20.8. The Morgan fingerprint density at radius 1 is 0.934 bits per heavy atom. The van der Waals surface area contributed by atoms with E-state index in [0.29, 0.717) is 24.8 Å². The molecule has 4 amide bonds. The average Bonchev–Trinajstić information content (AvgIpc) is 4.10. The van der Waals surface area contributed by atoms with Gasteiger partial charge < -0.3 is 44.0 Å². The van der Waals surface area contributed by atoms with E-state index in [0.717, 1.165) is 81.2 Å². The van der Waals surface area contributed by atoms with Gasteiger partial charge in [-0.05, 0) is 91.8 Å². The number of carbonyl (C=O) groups is 4. The van der Waals surface area contributed by atoms with Crippen molar-refractivity contribution in [1.82, 2.24) is 35.1 Å². The lowest BCUT2D eigenvalue weighted by Gasteiger charge is -2.32. The molecule has 3 aromatic carbocycles. The summed E-state index contributed by atoms with van der Waals surface area (Å²) in [6.07, 6.45) is 4.30. The third-order valence-electron chi connectivity index (χ3n) is 12.4. The Hall–Kier alpha value is -6.29. The van der Waals surface area contributed by atoms with Gasteiger partial charge in [-0.2, -0.15) is 4.99 Å². The molecule has 0 aliphatic carbocycles. The average molecular weight is 833 g/mol. The quantitative estimate of drug-likeness (QED) is 0.121. The number of likely N-dealkylation sites (tertiary alicyclic amines) is 2. The number of H-pyrrole nitrogens is 2. The SMILES string of the molecule is COC(=O)/N=C/[C@H](C(=O)N1CCC[C@H]1c1nc2c(ccc3cc4c(cc32)OCc2cc(-c3cnc([C@@H]5CC[C@H](C)N5C(=O)[C@@H](NC(=O)OC)C(C)C)[nH]3)ccc2-4)[nH]1)[C@@H](C)OC. The number of hydrogen-bond acceptors (Lipinski definition) is 10. The maximum Gasteiger partial charge on any atom is 0.432 e. The molecule has 5 heterocycles. The molecule has 8 rings (SSSR count). The zero-order chi connectivity index (χ0) is 43.1. The highest BCUT2D eigenvalue weighted by molar-refractivity contribution is 6.07. The molecule has 3 aliphatic rings. The summed E-state index contributed by atoms with van der Waals surface area (Å²) in [5.41, 5.74) is 6.52. The number of nitrogens with one attached hydrogen (secondary N) is 3. The van der Waals surface area contributed by atoms with E-state index in [2.05, 4.69) is 55.3 Å². The standard InChI is InChI=1S/C45H52N8O8/c1-23(2)38(51-45(57)60-7)43(55)53-24(3)10-15-36(53)40-46-21-34(49-40)27-11-13-29-28(17-27)22-61-37-19-30-26(18-31(29)37)12-14-33-39(30)50-41(48-33)35-9-8-16-52(35)42(54)32(25(4)58-5)20-47-44(56)59-6/h11-14,17-21,23-25,32,35-36,38H,8-10,15-16,22H2,1-7H3,(H,46,49)(H,48,50)(H,51,57)/b47-20+/t24-,25+,32-,35-,36-,38-/m0/s1. The van der Waals surface area contributed by atoms with Crippen molar-refractivity contribution in [1.29, 1.82) is 0 Å². The Kier molecular flexibility index (Phi) is 11.5. The lowest BCUT2D eigenvalue weighted by molar-refractivity contribution is -0.138. The number of methoxy groups -OCH3 is 3. The Labute approximate surface area is 353 Å². The molecular weight excluding hydrogens is 781 g/mol. The van der Waals surface area contributed by atoms with Gasteiger partial charge in [-0.15, -0.1) is 0 Å². The van der Waals surface area contributed by atoms with Gasteiger partial charge in [-0.3, -0.25) is 9.59 Å². The predicted octanol–water partition coefficient (Wildman–Crippen LogP) is 7.25. The van der Waals surface area contributed by atoms with Gasteiger partial charge >= 0.3 is 12.2 Å². The molecule has 16 heteroatoms. The number of nitrogens with zero attached hydrogens (tertiary/aromatic N) is 5. The molecule has 3 N–H and O–H groups in total. The predicted molar refractivity (Wildman–Crippen MR) is 228 cm³/mol. The van der Waals surface area contributed by atoms with Gasteiger partial charge in [0.1, 0.15) is 30.0 Å². The van der Waals surface area contributed by atoms with Crippen LogP contribution in [0.4, 0.5) is 9.59 Å². The van der Waals surface area contributed by atoms with Crippen LogP contribution in [-0.2, 0) is 30.4 Å². The highest BCUT2D eigenvalue weighted by Crippen LogP contribution is 2.44. The van der Waals surface area contributed by atoms with Crippen molar-refractivity contribution in [2.24, 2.45) is 16.8 Å². The van der Waals surface area contributed by atoms with Crippen LogP contribution >= 0.6 is 0 Å². The van der Waals surface area contributed by atoms with Crippen LogP contribution in [0.25, 0.3) is 44.2 Å². The van der Waals surface area contributed by atoms with Crippen LogP contribution in [0.1, 0.15) is 82.7 Å². The third-order valence-corrected chi connectivity index (χ3v) is 12.4. The van der Waals surface area contributed by atoms with Gasteiger partial charge in [0.25, 0.3) is 0 Å². The number of imidazole rings is 2. The smallest absolute Gasteiger partial charge is 0.432 e. The second-order valence-corrected chi connectivity index (χ2v) is 16.4. The molecule has 61 heavy (non-hydrogen) atoms. The van der Waals surface area contributed by atoms with Gasteiger partial charge in [0, 0.05) is 36.9 Å². The topological polar surface area (TPSA) is 193 Å². The maximum absolute atomic E-state index is 13.9. The largest absolute Gasteiger partial charge is 0.488 e. The molecule has 0 saturated carbocycles. The second kappa shape index (κ2) is 17.0. The Bertz CT molecular complexity index is 2530. The van der Waals surface area contributed by atoms with Crippen LogP contribution in [0.15, 0.2) is 53.7 Å². The van der Waals surface area contributed by atoms with Gasteiger partial charge in [-0.25, -0.2) is 19.6 Å². The lowest BCUT2D eigenvalue weighted by Crippen LogP contribution is -2.52. The second-order valence-electron chi connectivity index (χ2n) is 16.4. The van der Waals surface area contributed by atoms with E-state index in [9.17, 15) is 19.2 Å². The third kappa shape index (κ3) is 7.80. The fraction of sp³-hybridized carbons (Fsp3) is 0.444. The molecule has 16 nitrogen and oxygen atoms in total. The number of aromatic nitrogens is 4. The summed E-state index contributed by atoms with van der Waals surface area (Å²) in [7, 11) is 4.05. The Balaban J connectivity index is 1.04. The monoisotopic (exact) mass is 832 g/mol. The van der Waals surface area contributed by atoms with E-state index in [1.807, 2.05) is 44.0 Å². The summed E-state index contributed by atoms with van der Waals surface area (Å²) in [6, 6.07) is 13.3. The molecule has 2 aromatic heterocycles. The summed E-state index contributed by atoms with van der Waals surface area (Å²) in [6.45, 7) is 8.52. The number of aliphatic imine (C=N–C) groups is 1. The lowest BCUT2D eigenvalue weighted by atomic mass is 9.92. The minimum Gasteiger partial charge on any atom is -0.488 e. The number of hydrogen-bond donors (Lipinski definition) is 3. The first kappa shape index (κ1) is 41.4. The van der Waals surface area contributed by atoms with Crippen LogP contribution < -0.4 is 10.1 Å². The van der Waals surface area contributed by atoms with Crippen LogP contribution in [-0.4, -0.2) is 106 Å². The van der Waals surface area contributed by atoms with E-state index in [1.54, 1.807) is 11.8 Å².